The van der Waals surface area contributed by atoms with Crippen molar-refractivity contribution in [2.45, 2.75) is 19.4 Å². The van der Waals surface area contributed by atoms with Crippen molar-refractivity contribution in [3.8, 4) is 11.5 Å². The number of anilines is 2. The monoisotopic (exact) mass is 389 g/mol. The maximum absolute atomic E-state index is 12.2. The van der Waals surface area contributed by atoms with Gasteiger partial charge in [-0.1, -0.05) is 0 Å². The third kappa shape index (κ3) is 5.10. The number of nitrogens with one attached hydrogen (secondary N) is 2. The number of amides is 2. The average Bonchev–Trinajstić information content (AvgIpc) is 2.63. The molecule has 28 heavy (non-hydrogen) atoms. The van der Waals surface area contributed by atoms with Crippen molar-refractivity contribution in [1.29, 1.82) is 0 Å². The molecular weight excluding hydrogens is 370 g/mol. The largest absolute Gasteiger partial charge is 0.494 e. The fourth-order valence-corrected chi connectivity index (χ4v) is 2.13. The number of nitro groups is 1. The third-order valence-electron chi connectivity index (χ3n) is 3.64. The predicted octanol–water partition coefficient (Wildman–Crippen LogP) is 3.49. The number of carbonyl (C=O) groups is 2. The topological polar surface area (TPSA) is 140 Å². The van der Waals surface area contributed by atoms with Gasteiger partial charge in [0.2, 0.25) is 0 Å². The van der Waals surface area contributed by atoms with Crippen LogP contribution in [0, 0.1) is 10.1 Å². The Labute approximate surface area is 160 Å². The average molecular weight is 389 g/mol. The lowest BCUT2D eigenvalue weighted by atomic mass is 10.1. The van der Waals surface area contributed by atoms with Crippen LogP contribution in [0.1, 0.15) is 13.8 Å². The van der Waals surface area contributed by atoms with Crippen LogP contribution < -0.4 is 20.1 Å². The number of methoxy groups -OCH3 is 1. The van der Waals surface area contributed by atoms with Gasteiger partial charge < -0.3 is 25.2 Å². The number of hydrogen-bond acceptors (Lipinski definition) is 6. The second-order valence-corrected chi connectivity index (χ2v) is 6.16. The summed E-state index contributed by atoms with van der Waals surface area (Å²) < 4.78 is 10.4. The van der Waals surface area contributed by atoms with E-state index in [4.69, 9.17) is 14.6 Å². The maximum Gasteiger partial charge on any atom is 0.347 e. The van der Waals surface area contributed by atoms with Gasteiger partial charge in [-0.25, -0.2) is 9.59 Å². The summed E-state index contributed by atoms with van der Waals surface area (Å²) in [5.41, 5.74) is -0.867. The van der Waals surface area contributed by atoms with Gasteiger partial charge in [0.15, 0.2) is 5.60 Å². The van der Waals surface area contributed by atoms with Crippen LogP contribution in [-0.4, -0.2) is 34.7 Å². The minimum atomic E-state index is -1.39. The van der Waals surface area contributed by atoms with Crippen LogP contribution in [0.4, 0.5) is 21.9 Å². The van der Waals surface area contributed by atoms with Crippen LogP contribution in [0.5, 0.6) is 11.5 Å². The number of ether oxygens (including phenoxy) is 2. The van der Waals surface area contributed by atoms with E-state index in [9.17, 15) is 19.7 Å². The number of nitrogens with zero attached hydrogens (tertiary/aromatic N) is 1. The molecule has 3 N–H and O–H groups in total. The Morgan fingerprint density at radius 3 is 2.29 bits per heavy atom. The third-order valence-corrected chi connectivity index (χ3v) is 3.64. The molecule has 0 aliphatic heterocycles. The van der Waals surface area contributed by atoms with Gasteiger partial charge in [-0.3, -0.25) is 10.1 Å². The fraction of sp³-hybridized carbons (Fsp3) is 0.222. The molecule has 0 aromatic heterocycles. The van der Waals surface area contributed by atoms with Crippen molar-refractivity contribution >= 4 is 29.1 Å². The first kappa shape index (κ1) is 20.5. The zero-order chi connectivity index (χ0) is 20.9. The number of urea groups is 1. The lowest BCUT2D eigenvalue weighted by molar-refractivity contribution is -0.384. The molecule has 0 saturated heterocycles. The van der Waals surface area contributed by atoms with Crippen molar-refractivity contribution in [2.75, 3.05) is 17.7 Å². The van der Waals surface area contributed by atoms with E-state index in [0.29, 0.717) is 11.4 Å². The summed E-state index contributed by atoms with van der Waals surface area (Å²) in [6.45, 7) is 2.85. The van der Waals surface area contributed by atoms with Crippen LogP contribution in [0.25, 0.3) is 0 Å². The van der Waals surface area contributed by atoms with Crippen molar-refractivity contribution in [3.05, 3.63) is 52.6 Å². The van der Waals surface area contributed by atoms with Gasteiger partial charge in [0.25, 0.3) is 5.69 Å². The number of nitro benzene ring substituents is 1. The van der Waals surface area contributed by atoms with Crippen molar-refractivity contribution in [2.24, 2.45) is 0 Å². The molecule has 0 heterocycles. The molecule has 2 aromatic rings. The molecule has 0 unspecified atom stereocenters. The number of carbonyl (C=O) groups excluding carboxylic acids is 1. The van der Waals surface area contributed by atoms with E-state index >= 15 is 0 Å². The molecular formula is C18H19N3O7. The molecule has 0 radical (unpaired) electrons. The molecule has 0 bridgehead atoms. The van der Waals surface area contributed by atoms with E-state index in [1.165, 1.54) is 51.3 Å². The summed E-state index contributed by atoms with van der Waals surface area (Å²) in [7, 11) is 1.33. The van der Waals surface area contributed by atoms with Crippen molar-refractivity contribution in [1.82, 2.24) is 0 Å². The summed E-state index contributed by atoms with van der Waals surface area (Å²) >= 11 is 0. The zero-order valence-electron chi connectivity index (χ0n) is 15.4. The van der Waals surface area contributed by atoms with E-state index < -0.39 is 22.5 Å². The lowest BCUT2D eigenvalue weighted by Gasteiger charge is -2.21. The Balaban J connectivity index is 2.04. The number of non-ortho nitro benzene ring substituents is 1. The van der Waals surface area contributed by atoms with Crippen LogP contribution in [0.2, 0.25) is 0 Å². The summed E-state index contributed by atoms with van der Waals surface area (Å²) in [6, 6.07) is 9.34. The van der Waals surface area contributed by atoms with Crippen LogP contribution in [0.3, 0.4) is 0 Å². The molecule has 10 heteroatoms. The number of carboxylic acid groups (broad SMARTS) is 1. The Hall–Kier alpha value is -3.82. The first-order valence-electron chi connectivity index (χ1n) is 8.05. The highest BCUT2D eigenvalue weighted by Crippen LogP contribution is 2.29. The molecule has 0 aliphatic carbocycles. The van der Waals surface area contributed by atoms with Crippen LogP contribution >= 0.6 is 0 Å². The Kier molecular flexibility index (Phi) is 6.04. The fourth-order valence-electron chi connectivity index (χ4n) is 2.13. The van der Waals surface area contributed by atoms with Gasteiger partial charge in [0.1, 0.15) is 11.5 Å². The second kappa shape index (κ2) is 8.25. The van der Waals surface area contributed by atoms with Gasteiger partial charge in [-0.05, 0) is 44.2 Å². The van der Waals surface area contributed by atoms with Gasteiger partial charge in [0.05, 0.1) is 23.8 Å². The van der Waals surface area contributed by atoms with E-state index in [-0.39, 0.29) is 17.1 Å². The van der Waals surface area contributed by atoms with Gasteiger partial charge in [0, 0.05) is 11.8 Å². The molecule has 0 fully saturated rings. The number of benzene rings is 2. The highest BCUT2D eigenvalue weighted by molar-refractivity contribution is 6.00. The summed E-state index contributed by atoms with van der Waals surface area (Å²) in [5, 5.41) is 25.0. The smallest absolute Gasteiger partial charge is 0.347 e. The van der Waals surface area contributed by atoms with Gasteiger partial charge in [-0.15, -0.1) is 0 Å². The lowest BCUT2D eigenvalue weighted by Crippen LogP contribution is -2.37. The molecule has 0 spiro atoms. The van der Waals surface area contributed by atoms with E-state index in [0.717, 1.165) is 0 Å². The SMILES string of the molecule is COc1cc([N+](=O)[O-])ccc1NC(=O)Nc1ccc(OC(C)(C)C(=O)O)cc1. The Bertz CT molecular complexity index is 895. The van der Waals surface area contributed by atoms with Gasteiger partial charge in [-0.2, -0.15) is 0 Å². The van der Waals surface area contributed by atoms with E-state index in [1.54, 1.807) is 12.1 Å². The number of hydrogen-bond donors (Lipinski definition) is 3. The number of aliphatic carboxylic acids is 1. The van der Waals surface area contributed by atoms with E-state index in [1.807, 2.05) is 0 Å². The second-order valence-electron chi connectivity index (χ2n) is 6.16. The standard InChI is InChI=1S/C18H19N3O7/c1-18(2,16(22)23)28-13-7-4-11(5-8-13)19-17(24)20-14-9-6-12(21(25)26)10-15(14)27-3/h4-10H,1-3H3,(H,22,23)(H2,19,20,24). The maximum atomic E-state index is 12.2. The molecule has 2 rings (SSSR count). The minimum absolute atomic E-state index is 0.143. The molecule has 148 valence electrons. The molecule has 0 atom stereocenters. The normalized spacial score (nSPS) is 10.7. The highest BCUT2D eigenvalue weighted by atomic mass is 16.6. The van der Waals surface area contributed by atoms with Crippen LogP contribution in [0.15, 0.2) is 42.5 Å². The Morgan fingerprint density at radius 2 is 1.75 bits per heavy atom. The number of rotatable bonds is 7. The first-order chi connectivity index (χ1) is 13.1. The van der Waals surface area contributed by atoms with Crippen molar-refractivity contribution < 1.29 is 29.1 Å². The summed E-state index contributed by atoms with van der Waals surface area (Å²) in [5.74, 6) is -0.634. The number of carboxylic acids is 1. The van der Waals surface area contributed by atoms with Crippen LogP contribution in [-0.2, 0) is 4.79 Å². The summed E-state index contributed by atoms with van der Waals surface area (Å²) in [6.07, 6.45) is 0. The highest BCUT2D eigenvalue weighted by Gasteiger charge is 2.29. The minimum Gasteiger partial charge on any atom is -0.494 e. The molecule has 2 amide bonds. The Morgan fingerprint density at radius 1 is 1.11 bits per heavy atom. The predicted molar refractivity (Wildman–Crippen MR) is 101 cm³/mol. The van der Waals surface area contributed by atoms with Crippen molar-refractivity contribution in [3.63, 3.8) is 0 Å². The quantitative estimate of drug-likeness (QED) is 0.486. The summed E-state index contributed by atoms with van der Waals surface area (Å²) in [4.78, 5) is 33.5. The molecule has 10 nitrogen and oxygen atoms in total. The van der Waals surface area contributed by atoms with E-state index in [2.05, 4.69) is 10.6 Å². The molecule has 2 aromatic carbocycles. The first-order valence-corrected chi connectivity index (χ1v) is 8.05. The molecule has 0 aliphatic rings. The molecule has 0 saturated carbocycles. The van der Waals surface area contributed by atoms with Gasteiger partial charge >= 0.3 is 12.0 Å². The zero-order valence-corrected chi connectivity index (χ0v) is 15.4.